The lowest BCUT2D eigenvalue weighted by Crippen LogP contribution is -2.26. The second-order valence-corrected chi connectivity index (χ2v) is 4.20. The molecular formula is C10H11F3N6O2. The van der Waals surface area contributed by atoms with E-state index in [-0.39, 0.29) is 18.1 Å². The number of alkyl halides is 3. The van der Waals surface area contributed by atoms with E-state index in [1.54, 1.807) is 0 Å². The Morgan fingerprint density at radius 3 is 2.76 bits per heavy atom. The van der Waals surface area contributed by atoms with Gasteiger partial charge in [-0.1, -0.05) is 0 Å². The fraction of sp³-hybridized carbons (Fsp3) is 0.400. The summed E-state index contributed by atoms with van der Waals surface area (Å²) in [5.41, 5.74) is -0.589. The summed E-state index contributed by atoms with van der Waals surface area (Å²) in [6.07, 6.45) is -3.35. The second-order valence-electron chi connectivity index (χ2n) is 4.20. The van der Waals surface area contributed by atoms with E-state index in [9.17, 15) is 22.8 Å². The van der Waals surface area contributed by atoms with Gasteiger partial charge in [0, 0.05) is 13.2 Å². The molecule has 0 unspecified atom stereocenters. The van der Waals surface area contributed by atoms with E-state index in [0.29, 0.717) is 4.68 Å². The van der Waals surface area contributed by atoms with Crippen LogP contribution in [-0.2, 0) is 20.1 Å². The Bertz CT molecular complexity index is 698. The number of amides is 1. The summed E-state index contributed by atoms with van der Waals surface area (Å²) in [5.74, 6) is -0.380. The molecule has 2 aromatic heterocycles. The van der Waals surface area contributed by atoms with E-state index in [2.05, 4.69) is 20.6 Å². The Morgan fingerprint density at radius 2 is 2.19 bits per heavy atom. The molecule has 0 aromatic carbocycles. The number of rotatable bonds is 4. The summed E-state index contributed by atoms with van der Waals surface area (Å²) < 4.78 is 38.3. The van der Waals surface area contributed by atoms with E-state index in [1.807, 2.05) is 0 Å². The number of hydrogen-bond donors (Lipinski definition) is 2. The van der Waals surface area contributed by atoms with Gasteiger partial charge in [0.05, 0.1) is 6.54 Å². The van der Waals surface area contributed by atoms with Gasteiger partial charge >= 0.3 is 11.9 Å². The van der Waals surface area contributed by atoms with Crippen LogP contribution >= 0.6 is 0 Å². The maximum atomic E-state index is 12.2. The molecule has 0 aliphatic rings. The molecule has 2 rings (SSSR count). The minimum absolute atomic E-state index is 0.0554. The third kappa shape index (κ3) is 3.70. The molecule has 114 valence electrons. The first-order valence-corrected chi connectivity index (χ1v) is 5.75. The molecule has 11 heteroatoms. The number of carbonyl (C=O) groups excluding carboxylic acids is 1. The van der Waals surface area contributed by atoms with Crippen molar-refractivity contribution in [3.8, 4) is 0 Å². The number of aromatic nitrogens is 5. The molecule has 0 aliphatic heterocycles. The average molecular weight is 304 g/mol. The third-order valence-electron chi connectivity index (χ3n) is 2.59. The van der Waals surface area contributed by atoms with Crippen molar-refractivity contribution in [3.05, 3.63) is 34.3 Å². The molecular weight excluding hydrogens is 293 g/mol. The molecule has 2 aromatic rings. The van der Waals surface area contributed by atoms with Crippen LogP contribution in [0, 0.1) is 0 Å². The molecule has 0 atom stereocenters. The number of nitrogens with zero attached hydrogens (tertiary/aromatic N) is 4. The molecule has 0 radical (unpaired) electrons. The molecule has 21 heavy (non-hydrogen) atoms. The largest absolute Gasteiger partial charge is 0.408 e. The van der Waals surface area contributed by atoms with E-state index in [0.717, 1.165) is 6.20 Å². The van der Waals surface area contributed by atoms with Crippen molar-refractivity contribution in [1.29, 1.82) is 0 Å². The molecule has 8 nitrogen and oxygen atoms in total. The molecule has 0 spiro atoms. The molecule has 0 aliphatic carbocycles. The van der Waals surface area contributed by atoms with Crippen LogP contribution in [0.3, 0.4) is 0 Å². The van der Waals surface area contributed by atoms with Crippen LogP contribution < -0.4 is 11.0 Å². The number of halogens is 3. The van der Waals surface area contributed by atoms with Gasteiger partial charge in [0.2, 0.25) is 0 Å². The first-order valence-electron chi connectivity index (χ1n) is 5.75. The van der Waals surface area contributed by atoms with Crippen LogP contribution in [0.4, 0.5) is 13.2 Å². The van der Waals surface area contributed by atoms with Gasteiger partial charge < -0.3 is 5.32 Å². The number of H-pyrrole nitrogens is 1. The van der Waals surface area contributed by atoms with Crippen LogP contribution in [-0.4, -0.2) is 36.6 Å². The van der Waals surface area contributed by atoms with E-state index in [4.69, 9.17) is 0 Å². The smallest absolute Gasteiger partial charge is 0.343 e. The maximum absolute atomic E-state index is 12.2. The fourth-order valence-corrected chi connectivity index (χ4v) is 1.54. The molecule has 1 amide bonds. The highest BCUT2D eigenvalue weighted by Crippen LogP contribution is 2.16. The first kappa shape index (κ1) is 14.8. The van der Waals surface area contributed by atoms with Gasteiger partial charge in [0.1, 0.15) is 12.2 Å². The summed E-state index contributed by atoms with van der Waals surface area (Å²) in [7, 11) is 1.46. The van der Waals surface area contributed by atoms with Gasteiger partial charge in [-0.05, 0) is 6.07 Å². The van der Waals surface area contributed by atoms with Crippen molar-refractivity contribution in [2.75, 3.05) is 0 Å². The quantitative estimate of drug-likeness (QED) is 0.817. The third-order valence-corrected chi connectivity index (χ3v) is 2.59. The van der Waals surface area contributed by atoms with Crippen molar-refractivity contribution in [1.82, 2.24) is 29.9 Å². The second kappa shape index (κ2) is 5.42. The fourth-order valence-electron chi connectivity index (χ4n) is 1.54. The Hall–Kier alpha value is -2.59. The lowest BCUT2D eigenvalue weighted by molar-refractivity contribution is -0.142. The lowest BCUT2D eigenvalue weighted by Gasteiger charge is -2.05. The van der Waals surface area contributed by atoms with E-state index < -0.39 is 24.3 Å². The summed E-state index contributed by atoms with van der Waals surface area (Å²) >= 11 is 0. The lowest BCUT2D eigenvalue weighted by atomic mass is 10.4. The van der Waals surface area contributed by atoms with Crippen LogP contribution in [0.1, 0.15) is 16.3 Å². The maximum Gasteiger partial charge on any atom is 0.408 e. The summed E-state index contributed by atoms with van der Waals surface area (Å²) in [6, 6.07) is 1.17. The van der Waals surface area contributed by atoms with Crippen LogP contribution in [0.25, 0.3) is 0 Å². The number of nitrogens with one attached hydrogen (secondary N) is 2. The normalized spacial score (nSPS) is 11.6. The van der Waals surface area contributed by atoms with Crippen molar-refractivity contribution in [3.63, 3.8) is 0 Å². The molecule has 2 heterocycles. The van der Waals surface area contributed by atoms with Gasteiger partial charge in [0.15, 0.2) is 5.82 Å². The zero-order chi connectivity index (χ0) is 15.6. The minimum atomic E-state index is -4.41. The van der Waals surface area contributed by atoms with Gasteiger partial charge in [0.25, 0.3) is 5.91 Å². The average Bonchev–Trinajstić information content (AvgIpc) is 2.94. The zero-order valence-corrected chi connectivity index (χ0v) is 10.8. The summed E-state index contributed by atoms with van der Waals surface area (Å²) in [5, 5.41) is 11.8. The summed E-state index contributed by atoms with van der Waals surface area (Å²) in [4.78, 5) is 22.8. The predicted molar refractivity (Wildman–Crippen MR) is 63.3 cm³/mol. The summed E-state index contributed by atoms with van der Waals surface area (Å²) in [6.45, 7) is -1.33. The Kier molecular flexibility index (Phi) is 3.82. The van der Waals surface area contributed by atoms with Crippen molar-refractivity contribution in [2.24, 2.45) is 7.05 Å². The van der Waals surface area contributed by atoms with Gasteiger partial charge in [-0.2, -0.15) is 23.4 Å². The van der Waals surface area contributed by atoms with Crippen LogP contribution in [0.2, 0.25) is 0 Å². The molecule has 0 saturated heterocycles. The number of hydrogen-bond acceptors (Lipinski definition) is 4. The topological polar surface area (TPSA) is 97.6 Å². The van der Waals surface area contributed by atoms with E-state index in [1.165, 1.54) is 17.7 Å². The minimum Gasteiger partial charge on any atom is -0.343 e. The monoisotopic (exact) mass is 304 g/mol. The number of carbonyl (C=O) groups is 1. The highest BCUT2D eigenvalue weighted by Gasteiger charge is 2.28. The first-order chi connectivity index (χ1) is 9.76. The number of aromatic amines is 1. The van der Waals surface area contributed by atoms with Gasteiger partial charge in [-0.3, -0.25) is 14.0 Å². The van der Waals surface area contributed by atoms with Gasteiger partial charge in [-0.25, -0.2) is 9.89 Å². The highest BCUT2D eigenvalue weighted by molar-refractivity contribution is 5.91. The zero-order valence-electron chi connectivity index (χ0n) is 10.8. The Balaban J connectivity index is 1.98. The predicted octanol–water partition coefficient (Wildman–Crippen LogP) is -0.203. The standard InChI is InChI=1S/C10H11F3N6O2/c1-18-7(15-16-9(18)21)4-14-8(20)6-2-3-19(17-6)5-10(11,12)13/h2-3H,4-5H2,1H3,(H,14,20)(H,16,21). The molecule has 0 saturated carbocycles. The molecule has 0 fully saturated rings. The molecule has 0 bridgehead atoms. The SMILES string of the molecule is Cn1c(CNC(=O)c2ccn(CC(F)(F)F)n2)n[nH]c1=O. The van der Waals surface area contributed by atoms with E-state index >= 15 is 0 Å². The Morgan fingerprint density at radius 1 is 1.48 bits per heavy atom. The Labute approximate surface area is 115 Å². The highest BCUT2D eigenvalue weighted by atomic mass is 19.4. The van der Waals surface area contributed by atoms with Crippen molar-refractivity contribution >= 4 is 5.91 Å². The van der Waals surface area contributed by atoms with Crippen LogP contribution in [0.15, 0.2) is 17.1 Å². The molecule has 2 N–H and O–H groups in total. The van der Waals surface area contributed by atoms with Crippen molar-refractivity contribution < 1.29 is 18.0 Å². The van der Waals surface area contributed by atoms with Gasteiger partial charge in [-0.15, -0.1) is 0 Å². The van der Waals surface area contributed by atoms with Crippen LogP contribution in [0.5, 0.6) is 0 Å². The van der Waals surface area contributed by atoms with Crippen molar-refractivity contribution in [2.45, 2.75) is 19.3 Å².